The van der Waals surface area contributed by atoms with Crippen LogP contribution in [0.5, 0.6) is 5.88 Å². The van der Waals surface area contributed by atoms with E-state index < -0.39 is 35.2 Å². The number of hydrogen-bond acceptors (Lipinski definition) is 4. The number of amides is 1. The number of halogens is 3. The van der Waals surface area contributed by atoms with Crippen molar-refractivity contribution >= 4 is 11.9 Å². The van der Waals surface area contributed by atoms with Crippen LogP contribution in [0.2, 0.25) is 0 Å². The van der Waals surface area contributed by atoms with E-state index >= 15 is 0 Å². The van der Waals surface area contributed by atoms with Crippen LogP contribution >= 0.6 is 0 Å². The van der Waals surface area contributed by atoms with Gasteiger partial charge < -0.3 is 14.7 Å². The number of pyridine rings is 1. The van der Waals surface area contributed by atoms with Crippen molar-refractivity contribution < 1.29 is 32.6 Å². The first-order chi connectivity index (χ1) is 12.2. The molecule has 0 bridgehead atoms. The van der Waals surface area contributed by atoms with Crippen LogP contribution in [-0.2, 0) is 12.5 Å². The molecule has 1 heterocycles. The van der Waals surface area contributed by atoms with Gasteiger partial charge in [0.25, 0.3) is 0 Å². The average Bonchev–Trinajstić information content (AvgIpc) is 2.61. The van der Waals surface area contributed by atoms with E-state index in [2.05, 4.69) is 4.98 Å². The van der Waals surface area contributed by atoms with Crippen LogP contribution < -0.4 is 4.74 Å². The third-order valence-corrected chi connectivity index (χ3v) is 3.56. The summed E-state index contributed by atoms with van der Waals surface area (Å²) < 4.78 is 48.2. The van der Waals surface area contributed by atoms with Crippen LogP contribution in [0.4, 0.5) is 18.0 Å². The molecule has 0 unspecified atom stereocenters. The third-order valence-electron chi connectivity index (χ3n) is 3.56. The van der Waals surface area contributed by atoms with Crippen molar-refractivity contribution in [1.29, 1.82) is 0 Å². The fourth-order valence-corrected chi connectivity index (χ4v) is 2.22. The second-order valence-corrected chi connectivity index (χ2v) is 5.40. The van der Waals surface area contributed by atoms with E-state index in [4.69, 9.17) is 9.84 Å². The minimum atomic E-state index is -4.23. The Labute approximate surface area is 146 Å². The largest absolute Gasteiger partial charge is 0.481 e. The Morgan fingerprint density at radius 2 is 1.88 bits per heavy atom. The Bertz CT molecular complexity index is 828. The van der Waals surface area contributed by atoms with Crippen molar-refractivity contribution in [3.05, 3.63) is 59.0 Å². The van der Waals surface area contributed by atoms with Gasteiger partial charge in [0.1, 0.15) is 0 Å². The van der Waals surface area contributed by atoms with Crippen LogP contribution in [0.1, 0.15) is 21.6 Å². The minimum absolute atomic E-state index is 0.0541. The Morgan fingerprint density at radius 3 is 2.42 bits per heavy atom. The lowest BCUT2D eigenvalue weighted by molar-refractivity contribution is 0.00184. The first kappa shape index (κ1) is 19.2. The van der Waals surface area contributed by atoms with Gasteiger partial charge in [-0.15, -0.1) is 0 Å². The van der Waals surface area contributed by atoms with Crippen LogP contribution in [0.25, 0.3) is 0 Å². The minimum Gasteiger partial charge on any atom is -0.481 e. The topological polar surface area (TPSA) is 79.7 Å². The van der Waals surface area contributed by atoms with Gasteiger partial charge >= 0.3 is 12.0 Å². The average molecular weight is 368 g/mol. The molecule has 2 aromatic rings. The number of carbonyl (C=O) groups is 2. The van der Waals surface area contributed by atoms with Gasteiger partial charge in [0.2, 0.25) is 11.7 Å². The van der Waals surface area contributed by atoms with Crippen molar-refractivity contribution in [3.8, 4) is 5.88 Å². The number of ketones is 1. The number of hydrogen-bond donors (Lipinski definition) is 1. The first-order valence-electron chi connectivity index (χ1n) is 7.34. The van der Waals surface area contributed by atoms with E-state index in [1.165, 1.54) is 31.3 Å². The lowest BCUT2D eigenvalue weighted by atomic mass is 10.0. The van der Waals surface area contributed by atoms with E-state index in [1.807, 2.05) is 0 Å². The van der Waals surface area contributed by atoms with Crippen molar-refractivity contribution in [2.45, 2.75) is 12.5 Å². The number of methoxy groups -OCH3 is 1. The zero-order valence-electron chi connectivity index (χ0n) is 13.9. The van der Waals surface area contributed by atoms with Gasteiger partial charge in [-0.25, -0.2) is 14.2 Å². The molecule has 0 fully saturated rings. The number of nitrogens with zero attached hydrogens (tertiary/aromatic N) is 2. The molecule has 26 heavy (non-hydrogen) atoms. The van der Waals surface area contributed by atoms with Crippen molar-refractivity contribution in [1.82, 2.24) is 9.88 Å². The number of carboxylic acid groups (broad SMARTS) is 1. The van der Waals surface area contributed by atoms with Crippen LogP contribution in [0, 0.1) is 5.82 Å². The quantitative estimate of drug-likeness (QED) is 0.792. The van der Waals surface area contributed by atoms with Gasteiger partial charge in [-0.2, -0.15) is 8.78 Å². The van der Waals surface area contributed by atoms with Crippen molar-refractivity contribution in [3.63, 3.8) is 0 Å². The van der Waals surface area contributed by atoms with Crippen LogP contribution in [0.3, 0.4) is 0 Å². The van der Waals surface area contributed by atoms with E-state index in [0.29, 0.717) is 6.07 Å². The molecule has 1 amide bonds. The Balaban J connectivity index is 2.46. The number of benzene rings is 1. The van der Waals surface area contributed by atoms with E-state index in [-0.39, 0.29) is 17.7 Å². The van der Waals surface area contributed by atoms with Crippen molar-refractivity contribution in [2.24, 2.45) is 0 Å². The predicted octanol–water partition coefficient (Wildman–Crippen LogP) is 3.31. The highest BCUT2D eigenvalue weighted by Gasteiger charge is 2.45. The fraction of sp³-hybridized carbons (Fsp3) is 0.235. The van der Waals surface area contributed by atoms with E-state index in [9.17, 15) is 22.8 Å². The fourth-order valence-electron chi connectivity index (χ4n) is 2.22. The molecule has 138 valence electrons. The Kier molecular flexibility index (Phi) is 5.49. The molecule has 0 aliphatic heterocycles. The van der Waals surface area contributed by atoms with E-state index in [1.54, 1.807) is 6.07 Å². The zero-order chi connectivity index (χ0) is 19.5. The smallest absolute Gasteiger partial charge is 0.407 e. The highest BCUT2D eigenvalue weighted by Crippen LogP contribution is 2.35. The normalized spacial score (nSPS) is 11.1. The highest BCUT2D eigenvalue weighted by molar-refractivity contribution is 6.01. The molecule has 0 spiro atoms. The van der Waals surface area contributed by atoms with Gasteiger partial charge in [-0.3, -0.25) is 4.79 Å². The number of carbonyl (C=O) groups excluding carboxylic acids is 1. The summed E-state index contributed by atoms with van der Waals surface area (Å²) in [5, 5.41) is 8.87. The predicted molar refractivity (Wildman–Crippen MR) is 84.9 cm³/mol. The SMILES string of the molecule is COc1nc(C(F)(F)C(=O)c2ccccc2)c(F)cc1CN(C)C(=O)O. The molecule has 0 radical (unpaired) electrons. The van der Waals surface area contributed by atoms with Gasteiger partial charge in [0, 0.05) is 18.2 Å². The number of alkyl halides is 2. The van der Waals surface area contributed by atoms with Crippen LogP contribution in [0.15, 0.2) is 36.4 Å². The number of ether oxygens (including phenoxy) is 1. The standard InChI is InChI=1S/C17H15F3N2O4/c1-22(16(24)25)9-11-8-12(18)13(21-15(11)26-2)17(19,20)14(23)10-6-4-3-5-7-10/h3-8H,9H2,1-2H3,(H,24,25). The summed E-state index contributed by atoms with van der Waals surface area (Å²) in [6.45, 7) is -0.332. The molecule has 6 nitrogen and oxygen atoms in total. The molecule has 0 aliphatic rings. The van der Waals surface area contributed by atoms with Gasteiger partial charge in [0.05, 0.1) is 13.7 Å². The Morgan fingerprint density at radius 1 is 1.27 bits per heavy atom. The summed E-state index contributed by atoms with van der Waals surface area (Å²) in [5.74, 6) is -7.67. The zero-order valence-corrected chi connectivity index (χ0v) is 13.9. The summed E-state index contributed by atoms with van der Waals surface area (Å²) in [5.41, 5.74) is -1.74. The molecule has 9 heteroatoms. The maximum absolute atomic E-state index is 14.5. The number of aromatic nitrogens is 1. The lowest BCUT2D eigenvalue weighted by Gasteiger charge is -2.19. The van der Waals surface area contributed by atoms with Gasteiger partial charge in [-0.05, 0) is 6.07 Å². The van der Waals surface area contributed by atoms with Crippen LogP contribution in [-0.4, -0.2) is 41.0 Å². The second-order valence-electron chi connectivity index (χ2n) is 5.40. The summed E-state index contributed by atoms with van der Waals surface area (Å²) in [7, 11) is 2.33. The molecular formula is C17H15F3N2O4. The van der Waals surface area contributed by atoms with E-state index in [0.717, 1.165) is 12.0 Å². The lowest BCUT2D eigenvalue weighted by Crippen LogP contribution is -2.29. The summed E-state index contributed by atoms with van der Waals surface area (Å²) in [6, 6.07) is 7.40. The Hall–Kier alpha value is -3.10. The maximum Gasteiger partial charge on any atom is 0.407 e. The second kappa shape index (κ2) is 7.42. The maximum atomic E-state index is 14.5. The highest BCUT2D eigenvalue weighted by atomic mass is 19.3. The molecule has 0 saturated heterocycles. The summed E-state index contributed by atoms with van der Waals surface area (Å²) >= 11 is 0. The van der Waals surface area contributed by atoms with Gasteiger partial charge in [0.15, 0.2) is 11.5 Å². The molecule has 1 N–H and O–H groups in total. The number of Topliss-reactive ketones (excluding diaryl/α,β-unsaturated/α-hetero) is 1. The van der Waals surface area contributed by atoms with Crippen molar-refractivity contribution in [2.75, 3.05) is 14.2 Å². The van der Waals surface area contributed by atoms with Gasteiger partial charge in [-0.1, -0.05) is 30.3 Å². The molecule has 1 aromatic heterocycles. The molecule has 0 aliphatic carbocycles. The molecule has 2 rings (SSSR count). The monoisotopic (exact) mass is 368 g/mol. The summed E-state index contributed by atoms with van der Waals surface area (Å²) in [6.07, 6.45) is -1.30. The molecule has 0 atom stereocenters. The third kappa shape index (κ3) is 3.76. The summed E-state index contributed by atoms with van der Waals surface area (Å²) in [4.78, 5) is 27.2. The molecular weight excluding hydrogens is 353 g/mol. The molecule has 0 saturated carbocycles. The molecule has 1 aromatic carbocycles. The first-order valence-corrected chi connectivity index (χ1v) is 7.34. The number of rotatable bonds is 6.